The maximum absolute atomic E-state index is 13.9. The predicted octanol–water partition coefficient (Wildman–Crippen LogP) is 4.49. The Balaban J connectivity index is 1.52. The number of carbonyl (C=O) groups excluding carboxylic acids is 1. The molecule has 12 heteroatoms. The van der Waals surface area contributed by atoms with Crippen LogP contribution in [0, 0.1) is 6.92 Å². The van der Waals surface area contributed by atoms with Gasteiger partial charge in [-0.15, -0.1) is 0 Å². The summed E-state index contributed by atoms with van der Waals surface area (Å²) in [5.74, 6) is -0.135. The van der Waals surface area contributed by atoms with Gasteiger partial charge in [0, 0.05) is 12.1 Å². The second kappa shape index (κ2) is 9.82. The lowest BCUT2D eigenvalue weighted by Crippen LogP contribution is -2.44. The number of anilines is 2. The molecule has 0 saturated heterocycles. The summed E-state index contributed by atoms with van der Waals surface area (Å²) in [6, 6.07) is 11.5. The number of fused-ring (bicyclic) bond motifs is 1. The highest BCUT2D eigenvalue weighted by Crippen LogP contribution is 2.44. The first kappa shape index (κ1) is 24.3. The number of methoxy groups -OCH3 is 1. The highest BCUT2D eigenvalue weighted by Gasteiger charge is 2.47. The number of nitrogens with zero attached hydrogens (tertiary/aromatic N) is 2. The minimum Gasteiger partial charge on any atom is -0.497 e. The molecule has 0 spiro atoms. The highest BCUT2D eigenvalue weighted by atomic mass is 32.1. The van der Waals surface area contributed by atoms with Gasteiger partial charge in [-0.2, -0.15) is 18.3 Å². The number of aromatic nitrogens is 2. The van der Waals surface area contributed by atoms with E-state index in [1.807, 2.05) is 31.2 Å². The van der Waals surface area contributed by atoms with Gasteiger partial charge in [-0.3, -0.25) is 15.6 Å². The third-order valence-corrected chi connectivity index (χ3v) is 5.89. The van der Waals surface area contributed by atoms with Crippen molar-refractivity contribution in [1.29, 1.82) is 0 Å². The van der Waals surface area contributed by atoms with E-state index in [2.05, 4.69) is 26.6 Å². The van der Waals surface area contributed by atoms with Gasteiger partial charge >= 0.3 is 6.18 Å². The zero-order chi connectivity index (χ0) is 25.2. The highest BCUT2D eigenvalue weighted by molar-refractivity contribution is 7.80. The molecule has 4 rings (SSSR count). The number of rotatable bonds is 4. The number of para-hydroxylation sites is 1. The van der Waals surface area contributed by atoms with E-state index < -0.39 is 24.2 Å². The first-order valence-corrected chi connectivity index (χ1v) is 11.1. The van der Waals surface area contributed by atoms with Gasteiger partial charge in [-0.05, 0) is 48.5 Å². The van der Waals surface area contributed by atoms with Crippen molar-refractivity contribution in [3.63, 3.8) is 0 Å². The third-order valence-electron chi connectivity index (χ3n) is 5.68. The second-order valence-electron chi connectivity index (χ2n) is 7.96. The molecule has 2 aromatic carbocycles. The average molecular weight is 505 g/mol. The van der Waals surface area contributed by atoms with E-state index in [1.54, 1.807) is 24.3 Å². The van der Waals surface area contributed by atoms with E-state index in [9.17, 15) is 18.0 Å². The summed E-state index contributed by atoms with van der Waals surface area (Å²) in [6.07, 6.45) is -3.74. The Labute approximate surface area is 204 Å². The van der Waals surface area contributed by atoms with Gasteiger partial charge in [0.1, 0.15) is 17.1 Å². The molecule has 184 valence electrons. The minimum atomic E-state index is -4.56. The van der Waals surface area contributed by atoms with Crippen LogP contribution in [-0.4, -0.2) is 34.1 Å². The van der Waals surface area contributed by atoms with Gasteiger partial charge in [0.05, 0.1) is 19.3 Å². The maximum Gasteiger partial charge on any atom is 0.410 e. The SMILES string of the molecule is COc1ccc([C@@H]2C[C@@H](C(F)(F)F)n3ncc(C(=O)NNC(=S)Nc4ccccc4C)c3N2)cc1. The van der Waals surface area contributed by atoms with Crippen molar-refractivity contribution >= 4 is 34.7 Å². The van der Waals surface area contributed by atoms with Gasteiger partial charge in [0.2, 0.25) is 0 Å². The summed E-state index contributed by atoms with van der Waals surface area (Å²) in [5, 5.41) is 9.97. The standard InChI is InChI=1S/C23H23F3N6O2S/c1-13-5-3-4-6-17(13)29-22(35)31-30-21(33)16-12-27-32-19(23(24,25)26)11-18(28-20(16)32)14-7-9-15(34-2)10-8-14/h3-10,12,18-19,28H,11H2,1-2H3,(H,30,33)(H2,29,31,35)/t18-,19-/m0/s1. The van der Waals surface area contributed by atoms with Crippen molar-refractivity contribution in [3.05, 3.63) is 71.4 Å². The van der Waals surface area contributed by atoms with E-state index in [1.165, 1.54) is 7.11 Å². The van der Waals surface area contributed by atoms with Crippen LogP contribution in [0.1, 0.15) is 40.0 Å². The summed E-state index contributed by atoms with van der Waals surface area (Å²) in [5.41, 5.74) is 7.25. The van der Waals surface area contributed by atoms with Gasteiger partial charge < -0.3 is 15.4 Å². The molecule has 0 bridgehead atoms. The van der Waals surface area contributed by atoms with Crippen molar-refractivity contribution in [2.24, 2.45) is 0 Å². The molecular formula is C23H23F3N6O2S. The predicted molar refractivity (Wildman–Crippen MR) is 129 cm³/mol. The topological polar surface area (TPSA) is 92.2 Å². The van der Waals surface area contributed by atoms with E-state index in [0.29, 0.717) is 11.3 Å². The fourth-order valence-electron chi connectivity index (χ4n) is 3.83. The summed E-state index contributed by atoms with van der Waals surface area (Å²) in [7, 11) is 1.51. The van der Waals surface area contributed by atoms with Crippen LogP contribution in [0.15, 0.2) is 54.7 Å². The van der Waals surface area contributed by atoms with Crippen LogP contribution >= 0.6 is 12.2 Å². The van der Waals surface area contributed by atoms with E-state index in [4.69, 9.17) is 17.0 Å². The van der Waals surface area contributed by atoms with Gasteiger partial charge in [0.25, 0.3) is 5.91 Å². The normalized spacial score (nSPS) is 17.1. The largest absolute Gasteiger partial charge is 0.497 e. The molecule has 1 aliphatic rings. The number of aryl methyl sites for hydroxylation is 1. The van der Waals surface area contributed by atoms with Gasteiger partial charge in [-0.25, -0.2) is 4.68 Å². The van der Waals surface area contributed by atoms with E-state index >= 15 is 0 Å². The number of nitrogens with one attached hydrogen (secondary N) is 4. The Morgan fingerprint density at radius 3 is 2.54 bits per heavy atom. The van der Waals surface area contributed by atoms with E-state index in [0.717, 1.165) is 22.1 Å². The Bertz CT molecular complexity index is 1230. The smallest absolute Gasteiger partial charge is 0.410 e. The van der Waals surface area contributed by atoms with Crippen LogP contribution in [0.3, 0.4) is 0 Å². The van der Waals surface area contributed by atoms with Gasteiger partial charge in [-0.1, -0.05) is 30.3 Å². The van der Waals surface area contributed by atoms with Crippen LogP contribution in [0.5, 0.6) is 5.75 Å². The average Bonchev–Trinajstić information content (AvgIpc) is 3.27. The fourth-order valence-corrected chi connectivity index (χ4v) is 3.99. The minimum absolute atomic E-state index is 0.0310. The molecular weight excluding hydrogens is 481 g/mol. The first-order chi connectivity index (χ1) is 16.7. The number of thiocarbonyl (C=S) groups is 1. The lowest BCUT2D eigenvalue weighted by molar-refractivity contribution is -0.173. The molecule has 1 aromatic heterocycles. The number of hydrogen-bond donors (Lipinski definition) is 4. The number of amides is 1. The Kier molecular flexibility index (Phi) is 6.83. The number of benzene rings is 2. The molecule has 2 atom stereocenters. The van der Waals surface area contributed by atoms with E-state index in [-0.39, 0.29) is 22.9 Å². The van der Waals surface area contributed by atoms with Crippen molar-refractivity contribution in [1.82, 2.24) is 20.6 Å². The Morgan fingerprint density at radius 1 is 1.17 bits per heavy atom. The van der Waals surface area contributed by atoms with Crippen molar-refractivity contribution in [2.75, 3.05) is 17.7 Å². The monoisotopic (exact) mass is 504 g/mol. The number of alkyl halides is 3. The molecule has 0 fully saturated rings. The zero-order valence-electron chi connectivity index (χ0n) is 18.8. The number of carbonyl (C=O) groups is 1. The molecule has 4 N–H and O–H groups in total. The van der Waals surface area contributed by atoms with Crippen LogP contribution in [0.2, 0.25) is 0 Å². The number of hydrazine groups is 1. The molecule has 0 unspecified atom stereocenters. The van der Waals surface area contributed by atoms with Gasteiger partial charge in [0.15, 0.2) is 11.2 Å². The summed E-state index contributed by atoms with van der Waals surface area (Å²) >= 11 is 5.20. The van der Waals surface area contributed by atoms with Crippen LogP contribution < -0.4 is 26.2 Å². The number of hydrogen-bond acceptors (Lipinski definition) is 5. The maximum atomic E-state index is 13.9. The Morgan fingerprint density at radius 2 is 1.89 bits per heavy atom. The molecule has 1 amide bonds. The summed E-state index contributed by atoms with van der Waals surface area (Å²) in [6.45, 7) is 1.89. The van der Waals surface area contributed by atoms with Crippen molar-refractivity contribution in [3.8, 4) is 5.75 Å². The first-order valence-electron chi connectivity index (χ1n) is 10.6. The molecule has 0 radical (unpaired) electrons. The molecule has 1 aliphatic heterocycles. The number of halogens is 3. The zero-order valence-corrected chi connectivity index (χ0v) is 19.6. The summed E-state index contributed by atoms with van der Waals surface area (Å²) in [4.78, 5) is 12.8. The molecule has 3 aromatic rings. The molecule has 35 heavy (non-hydrogen) atoms. The molecule has 8 nitrogen and oxygen atoms in total. The van der Waals surface area contributed by atoms with Crippen LogP contribution in [0.25, 0.3) is 0 Å². The second-order valence-corrected chi connectivity index (χ2v) is 8.37. The van der Waals surface area contributed by atoms with Crippen LogP contribution in [0.4, 0.5) is 24.7 Å². The van der Waals surface area contributed by atoms with Crippen LogP contribution in [-0.2, 0) is 0 Å². The summed E-state index contributed by atoms with van der Waals surface area (Å²) < 4.78 is 47.6. The lowest BCUT2D eigenvalue weighted by atomic mass is 9.96. The Hall–Kier alpha value is -3.80. The lowest BCUT2D eigenvalue weighted by Gasteiger charge is -2.34. The molecule has 2 heterocycles. The van der Waals surface area contributed by atoms with Crippen molar-refractivity contribution < 1.29 is 22.7 Å². The molecule has 0 aliphatic carbocycles. The molecule has 0 saturated carbocycles. The quantitative estimate of drug-likeness (QED) is 0.307. The third kappa shape index (κ3) is 5.32. The fraction of sp³-hybridized carbons (Fsp3) is 0.261. The van der Waals surface area contributed by atoms with Crippen molar-refractivity contribution in [2.45, 2.75) is 31.6 Å². The number of ether oxygens (including phenoxy) is 1.